The summed E-state index contributed by atoms with van der Waals surface area (Å²) in [7, 11) is 0. The zero-order valence-electron chi connectivity index (χ0n) is 13.8. The number of hydrogen-bond acceptors (Lipinski definition) is 2. The van der Waals surface area contributed by atoms with Crippen molar-refractivity contribution < 1.29 is 9.59 Å². The Hall–Kier alpha value is -2.42. The largest absolute Gasteiger partial charge is 0.326 e. The van der Waals surface area contributed by atoms with Gasteiger partial charge in [0.2, 0.25) is 5.91 Å². The summed E-state index contributed by atoms with van der Waals surface area (Å²) >= 11 is 0. The molecule has 2 rings (SSSR count). The van der Waals surface area contributed by atoms with Crippen LogP contribution >= 0.6 is 0 Å². The summed E-state index contributed by atoms with van der Waals surface area (Å²) < 4.78 is 0. The molecule has 0 aromatic heterocycles. The molecule has 120 valence electrons. The van der Waals surface area contributed by atoms with Gasteiger partial charge in [-0.3, -0.25) is 9.59 Å². The minimum atomic E-state index is -0.125. The van der Waals surface area contributed by atoms with Crippen molar-refractivity contribution in [1.82, 2.24) is 0 Å². The molecule has 0 heterocycles. The predicted molar refractivity (Wildman–Crippen MR) is 93.8 cm³/mol. The molecule has 0 atom stereocenters. The molecule has 0 radical (unpaired) electrons. The smallest absolute Gasteiger partial charge is 0.224 e. The highest BCUT2D eigenvalue weighted by atomic mass is 16.2. The molecule has 0 aliphatic rings. The van der Waals surface area contributed by atoms with E-state index in [2.05, 4.69) is 18.3 Å². The summed E-state index contributed by atoms with van der Waals surface area (Å²) in [5, 5.41) is 2.87. The number of ketones is 1. The van der Waals surface area contributed by atoms with Crippen LogP contribution in [-0.2, 0) is 11.2 Å². The van der Waals surface area contributed by atoms with Gasteiger partial charge in [-0.15, -0.1) is 0 Å². The fourth-order valence-electron chi connectivity index (χ4n) is 2.51. The molecule has 0 aliphatic heterocycles. The van der Waals surface area contributed by atoms with Gasteiger partial charge in [-0.2, -0.15) is 0 Å². The molecule has 1 amide bonds. The van der Waals surface area contributed by atoms with Crippen LogP contribution < -0.4 is 5.32 Å². The van der Waals surface area contributed by atoms with Crippen LogP contribution in [0.25, 0.3) is 0 Å². The molecular formula is C20H23NO2. The van der Waals surface area contributed by atoms with Crippen LogP contribution in [-0.4, -0.2) is 11.7 Å². The Balaban J connectivity index is 1.87. The molecule has 3 heteroatoms. The lowest BCUT2D eigenvalue weighted by Gasteiger charge is -2.07. The molecule has 2 aromatic rings. The maximum absolute atomic E-state index is 12.1. The summed E-state index contributed by atoms with van der Waals surface area (Å²) in [6.45, 7) is 4.08. The monoisotopic (exact) mass is 309 g/mol. The standard InChI is InChI=1S/C20H23NO2/c1-3-6-16-8-5-10-18(14-16)21-20(23)12-11-19(22)17-9-4-7-15(2)13-17/h4-5,7-10,13-14H,3,6,11-12H2,1-2H3,(H,21,23). The van der Waals surface area contributed by atoms with E-state index in [0.717, 1.165) is 24.1 Å². The Bertz CT molecular complexity index is 692. The summed E-state index contributed by atoms with van der Waals surface area (Å²) in [6, 6.07) is 15.3. The maximum Gasteiger partial charge on any atom is 0.224 e. The van der Waals surface area contributed by atoms with Crippen LogP contribution in [0.4, 0.5) is 5.69 Å². The number of rotatable bonds is 7. The molecule has 0 aliphatic carbocycles. The number of nitrogens with one attached hydrogen (secondary N) is 1. The van der Waals surface area contributed by atoms with Crippen molar-refractivity contribution in [2.75, 3.05) is 5.32 Å². The van der Waals surface area contributed by atoms with Crippen molar-refractivity contribution in [2.45, 2.75) is 39.5 Å². The van der Waals surface area contributed by atoms with E-state index in [1.54, 1.807) is 6.07 Å². The second-order valence-corrected chi connectivity index (χ2v) is 5.79. The molecular weight excluding hydrogens is 286 g/mol. The topological polar surface area (TPSA) is 46.2 Å². The van der Waals surface area contributed by atoms with Crippen molar-refractivity contribution in [3.63, 3.8) is 0 Å². The average molecular weight is 309 g/mol. The van der Waals surface area contributed by atoms with Gasteiger partial charge in [0.15, 0.2) is 5.78 Å². The molecule has 1 N–H and O–H groups in total. The van der Waals surface area contributed by atoms with Gasteiger partial charge >= 0.3 is 0 Å². The minimum Gasteiger partial charge on any atom is -0.326 e. The molecule has 0 bridgehead atoms. The number of carbonyl (C=O) groups excluding carboxylic acids is 2. The summed E-state index contributed by atoms with van der Waals surface area (Å²) in [6.07, 6.45) is 2.49. The Morgan fingerprint density at radius 3 is 2.52 bits per heavy atom. The predicted octanol–water partition coefficient (Wildman–Crippen LogP) is 4.55. The van der Waals surface area contributed by atoms with Crippen LogP contribution in [0.3, 0.4) is 0 Å². The molecule has 0 unspecified atom stereocenters. The number of hydrogen-bond donors (Lipinski definition) is 1. The van der Waals surface area contributed by atoms with Gasteiger partial charge in [0.05, 0.1) is 0 Å². The highest BCUT2D eigenvalue weighted by Gasteiger charge is 2.10. The van der Waals surface area contributed by atoms with Gasteiger partial charge in [-0.1, -0.05) is 49.2 Å². The fourth-order valence-corrected chi connectivity index (χ4v) is 2.51. The lowest BCUT2D eigenvalue weighted by Crippen LogP contribution is -2.13. The number of aryl methyl sites for hydroxylation is 2. The quantitative estimate of drug-likeness (QED) is 0.763. The molecule has 3 nitrogen and oxygen atoms in total. The van der Waals surface area contributed by atoms with E-state index in [-0.39, 0.29) is 24.5 Å². The second-order valence-electron chi connectivity index (χ2n) is 5.79. The van der Waals surface area contributed by atoms with E-state index in [9.17, 15) is 9.59 Å². The molecule has 23 heavy (non-hydrogen) atoms. The minimum absolute atomic E-state index is 0.00332. The molecule has 0 saturated heterocycles. The zero-order chi connectivity index (χ0) is 16.7. The van der Waals surface area contributed by atoms with E-state index in [0.29, 0.717) is 5.56 Å². The number of Topliss-reactive ketones (excluding diaryl/α,β-unsaturated/α-hetero) is 1. The first kappa shape index (κ1) is 16.9. The van der Waals surface area contributed by atoms with Gasteiger partial charge in [0, 0.05) is 24.1 Å². The summed E-state index contributed by atoms with van der Waals surface area (Å²) in [5.74, 6) is -0.122. The Morgan fingerprint density at radius 1 is 1.00 bits per heavy atom. The Kier molecular flexibility index (Phi) is 6.10. The van der Waals surface area contributed by atoms with Crippen LogP contribution in [0.1, 0.15) is 47.7 Å². The van der Waals surface area contributed by atoms with Crippen LogP contribution in [0.5, 0.6) is 0 Å². The van der Waals surface area contributed by atoms with Gasteiger partial charge in [0.25, 0.3) is 0 Å². The second kappa shape index (κ2) is 8.28. The number of anilines is 1. The number of amides is 1. The van der Waals surface area contributed by atoms with E-state index < -0.39 is 0 Å². The molecule has 0 spiro atoms. The van der Waals surface area contributed by atoms with Crippen molar-refractivity contribution in [1.29, 1.82) is 0 Å². The number of benzene rings is 2. The van der Waals surface area contributed by atoms with Gasteiger partial charge in [-0.05, 0) is 37.1 Å². The van der Waals surface area contributed by atoms with Crippen LogP contribution in [0.15, 0.2) is 48.5 Å². The Labute approximate surface area is 137 Å². The third-order valence-corrected chi connectivity index (χ3v) is 3.67. The SMILES string of the molecule is CCCc1cccc(NC(=O)CCC(=O)c2cccc(C)c2)c1. The third kappa shape index (κ3) is 5.37. The highest BCUT2D eigenvalue weighted by Crippen LogP contribution is 2.13. The maximum atomic E-state index is 12.1. The number of carbonyl (C=O) groups is 2. The van der Waals surface area contributed by atoms with E-state index in [1.165, 1.54) is 5.56 Å². The van der Waals surface area contributed by atoms with E-state index >= 15 is 0 Å². The van der Waals surface area contributed by atoms with Crippen molar-refractivity contribution in [2.24, 2.45) is 0 Å². The van der Waals surface area contributed by atoms with Crippen molar-refractivity contribution >= 4 is 17.4 Å². The van der Waals surface area contributed by atoms with Crippen LogP contribution in [0.2, 0.25) is 0 Å². The molecule has 0 fully saturated rings. The molecule has 2 aromatic carbocycles. The highest BCUT2D eigenvalue weighted by molar-refractivity contribution is 6.00. The average Bonchev–Trinajstić information content (AvgIpc) is 2.53. The van der Waals surface area contributed by atoms with E-state index in [1.807, 2.05) is 43.3 Å². The van der Waals surface area contributed by atoms with Gasteiger partial charge in [0.1, 0.15) is 0 Å². The summed E-state index contributed by atoms with van der Waals surface area (Å²) in [5.41, 5.74) is 3.72. The zero-order valence-corrected chi connectivity index (χ0v) is 13.8. The Morgan fingerprint density at radius 2 is 1.78 bits per heavy atom. The van der Waals surface area contributed by atoms with E-state index in [4.69, 9.17) is 0 Å². The third-order valence-electron chi connectivity index (χ3n) is 3.67. The first-order valence-electron chi connectivity index (χ1n) is 8.07. The van der Waals surface area contributed by atoms with Crippen molar-refractivity contribution in [3.8, 4) is 0 Å². The fraction of sp³-hybridized carbons (Fsp3) is 0.300. The van der Waals surface area contributed by atoms with Gasteiger partial charge < -0.3 is 5.32 Å². The summed E-state index contributed by atoms with van der Waals surface area (Å²) in [4.78, 5) is 24.1. The first-order valence-corrected chi connectivity index (χ1v) is 8.07. The first-order chi connectivity index (χ1) is 11.1. The van der Waals surface area contributed by atoms with Crippen LogP contribution in [0, 0.1) is 6.92 Å². The lowest BCUT2D eigenvalue weighted by atomic mass is 10.0. The van der Waals surface area contributed by atoms with Crippen molar-refractivity contribution in [3.05, 3.63) is 65.2 Å². The molecule has 0 saturated carbocycles. The normalized spacial score (nSPS) is 10.3. The lowest BCUT2D eigenvalue weighted by molar-refractivity contribution is -0.116. The van der Waals surface area contributed by atoms with Gasteiger partial charge in [-0.25, -0.2) is 0 Å².